The van der Waals surface area contributed by atoms with Gasteiger partial charge in [0.25, 0.3) is 0 Å². The first kappa shape index (κ1) is 47.7. The average molecular weight is 712 g/mol. The maximum atomic E-state index is 12.6. The first-order valence-corrected chi connectivity index (χ1v) is 20.6. The van der Waals surface area contributed by atoms with Crippen LogP contribution < -0.4 is 5.32 Å². The third kappa shape index (κ3) is 36.9. The van der Waals surface area contributed by atoms with Gasteiger partial charge in [-0.1, -0.05) is 155 Å². The molecule has 9 heteroatoms. The predicted molar refractivity (Wildman–Crippen MR) is 202 cm³/mol. The van der Waals surface area contributed by atoms with Crippen LogP contribution in [0.15, 0.2) is 0 Å². The summed E-state index contributed by atoms with van der Waals surface area (Å²) in [5.74, 6) is -1.33. The minimum Gasteiger partial charge on any atom is -0.481 e. The number of unbranched alkanes of at least 4 members (excludes halogenated alkanes) is 24. The standard InChI is InChI=1S/C41H77NO8/c1-5-6-7-8-9-23-26-29-32-38(45)48-35-36(34-42-40(47)50-41(2,3)4)49-39(46)33-30-27-24-21-19-17-15-13-11-10-12-14-16-18-20-22-25-28-31-37(43)44/h36H,5-35H2,1-4H3,(H,42,47)(H,43,44)/t36-/m0/s1. The Hall–Kier alpha value is -2.32. The number of hydrogen-bond donors (Lipinski definition) is 2. The second kappa shape index (κ2) is 33.8. The Kier molecular flexibility index (Phi) is 32.2. The molecule has 0 unspecified atom stereocenters. The van der Waals surface area contributed by atoms with E-state index in [-0.39, 0.29) is 25.1 Å². The molecule has 0 aliphatic heterocycles. The molecule has 0 spiro atoms. The lowest BCUT2D eigenvalue weighted by atomic mass is 10.0. The van der Waals surface area contributed by atoms with Crippen molar-refractivity contribution in [3.63, 3.8) is 0 Å². The zero-order chi connectivity index (χ0) is 37.1. The van der Waals surface area contributed by atoms with Gasteiger partial charge in [-0.3, -0.25) is 14.4 Å². The summed E-state index contributed by atoms with van der Waals surface area (Å²) >= 11 is 0. The molecule has 1 amide bonds. The number of esters is 2. The number of carboxylic acids is 1. The molecule has 0 fully saturated rings. The molecule has 0 radical (unpaired) electrons. The van der Waals surface area contributed by atoms with Crippen molar-refractivity contribution >= 4 is 24.0 Å². The highest BCUT2D eigenvalue weighted by atomic mass is 16.6. The second-order valence-electron chi connectivity index (χ2n) is 15.2. The Balaban J connectivity index is 3.99. The zero-order valence-corrected chi connectivity index (χ0v) is 32.8. The van der Waals surface area contributed by atoms with Crippen molar-refractivity contribution < 1.29 is 38.5 Å². The summed E-state index contributed by atoms with van der Waals surface area (Å²) in [5, 5.41) is 11.3. The van der Waals surface area contributed by atoms with Crippen molar-refractivity contribution in [2.24, 2.45) is 0 Å². The van der Waals surface area contributed by atoms with Crippen LogP contribution in [0.4, 0.5) is 4.79 Å². The minimum atomic E-state index is -0.759. The summed E-state index contributed by atoms with van der Waals surface area (Å²) in [6.45, 7) is 7.48. The number of ether oxygens (including phenoxy) is 3. The van der Waals surface area contributed by atoms with E-state index >= 15 is 0 Å². The van der Waals surface area contributed by atoms with Gasteiger partial charge in [-0.15, -0.1) is 0 Å². The third-order valence-electron chi connectivity index (χ3n) is 8.86. The zero-order valence-electron chi connectivity index (χ0n) is 32.8. The number of carbonyl (C=O) groups excluding carboxylic acids is 3. The predicted octanol–water partition coefficient (Wildman–Crippen LogP) is 11.4. The molecule has 50 heavy (non-hydrogen) atoms. The fourth-order valence-corrected chi connectivity index (χ4v) is 5.93. The van der Waals surface area contributed by atoms with E-state index in [9.17, 15) is 19.2 Å². The van der Waals surface area contributed by atoms with Gasteiger partial charge in [-0.25, -0.2) is 4.79 Å². The number of carboxylic acid groups (broad SMARTS) is 1. The summed E-state index contributed by atoms with van der Waals surface area (Å²) in [7, 11) is 0. The van der Waals surface area contributed by atoms with Crippen LogP contribution in [0.2, 0.25) is 0 Å². The van der Waals surface area contributed by atoms with Crippen molar-refractivity contribution in [3.8, 4) is 0 Å². The molecule has 0 aromatic carbocycles. The van der Waals surface area contributed by atoms with Crippen molar-refractivity contribution in [2.45, 2.75) is 226 Å². The van der Waals surface area contributed by atoms with E-state index in [1.165, 1.54) is 109 Å². The van der Waals surface area contributed by atoms with Crippen LogP contribution in [-0.4, -0.2) is 54.0 Å². The van der Waals surface area contributed by atoms with Crippen LogP contribution in [-0.2, 0) is 28.6 Å². The Morgan fingerprint density at radius 2 is 0.900 bits per heavy atom. The summed E-state index contributed by atoms with van der Waals surface area (Å²) in [6, 6.07) is 0. The third-order valence-corrected chi connectivity index (χ3v) is 8.86. The topological polar surface area (TPSA) is 128 Å². The molecule has 2 N–H and O–H groups in total. The highest BCUT2D eigenvalue weighted by Crippen LogP contribution is 2.16. The fourth-order valence-electron chi connectivity index (χ4n) is 5.93. The number of carbonyl (C=O) groups is 4. The van der Waals surface area contributed by atoms with Gasteiger partial charge in [0, 0.05) is 19.3 Å². The van der Waals surface area contributed by atoms with E-state index in [0.717, 1.165) is 57.8 Å². The van der Waals surface area contributed by atoms with Crippen LogP contribution in [0.1, 0.15) is 214 Å². The van der Waals surface area contributed by atoms with Crippen molar-refractivity contribution in [1.82, 2.24) is 5.32 Å². The van der Waals surface area contributed by atoms with Gasteiger partial charge in [0.2, 0.25) is 0 Å². The quantitative estimate of drug-likeness (QED) is 0.0377. The lowest BCUT2D eigenvalue weighted by Crippen LogP contribution is -2.40. The SMILES string of the molecule is CCCCCCCCCCC(=O)OC[C@H](CNC(=O)OC(C)(C)C)OC(=O)CCCCCCCCCCCCCCCCCCCCC(=O)O. The normalized spacial score (nSPS) is 12.0. The Labute approximate surface area is 306 Å². The van der Waals surface area contributed by atoms with Crippen LogP contribution >= 0.6 is 0 Å². The fraction of sp³-hybridized carbons (Fsp3) is 0.902. The van der Waals surface area contributed by atoms with Crippen LogP contribution in [0.25, 0.3) is 0 Å². The van der Waals surface area contributed by atoms with Gasteiger partial charge in [-0.05, 0) is 40.0 Å². The number of rotatable bonds is 35. The van der Waals surface area contributed by atoms with Crippen LogP contribution in [0.5, 0.6) is 0 Å². The van der Waals surface area contributed by atoms with E-state index < -0.39 is 23.8 Å². The van der Waals surface area contributed by atoms with Gasteiger partial charge in [-0.2, -0.15) is 0 Å². The summed E-state index contributed by atoms with van der Waals surface area (Å²) in [5.41, 5.74) is -0.645. The van der Waals surface area contributed by atoms with Crippen molar-refractivity contribution in [2.75, 3.05) is 13.2 Å². The number of amides is 1. The highest BCUT2D eigenvalue weighted by molar-refractivity contribution is 5.71. The van der Waals surface area contributed by atoms with Crippen LogP contribution in [0, 0.1) is 0 Å². The molecule has 0 aliphatic carbocycles. The molecule has 0 bridgehead atoms. The molecule has 1 atom stereocenters. The lowest BCUT2D eigenvalue weighted by Gasteiger charge is -2.22. The summed E-state index contributed by atoms with van der Waals surface area (Å²) < 4.78 is 16.3. The maximum absolute atomic E-state index is 12.6. The summed E-state index contributed by atoms with van der Waals surface area (Å²) in [6.07, 6.45) is 30.0. The van der Waals surface area contributed by atoms with E-state index in [2.05, 4.69) is 12.2 Å². The molecular weight excluding hydrogens is 634 g/mol. The van der Waals surface area contributed by atoms with Crippen molar-refractivity contribution in [1.29, 1.82) is 0 Å². The molecule has 0 heterocycles. The van der Waals surface area contributed by atoms with E-state index in [0.29, 0.717) is 19.3 Å². The van der Waals surface area contributed by atoms with Crippen molar-refractivity contribution in [3.05, 3.63) is 0 Å². The van der Waals surface area contributed by atoms with E-state index in [4.69, 9.17) is 19.3 Å². The average Bonchev–Trinajstić information content (AvgIpc) is 3.05. The molecule has 0 saturated heterocycles. The molecule has 0 rings (SSSR count). The molecule has 294 valence electrons. The summed E-state index contributed by atoms with van der Waals surface area (Å²) in [4.78, 5) is 47.6. The monoisotopic (exact) mass is 712 g/mol. The van der Waals surface area contributed by atoms with Gasteiger partial charge in [0.1, 0.15) is 12.2 Å². The number of hydrogen-bond acceptors (Lipinski definition) is 7. The Bertz CT molecular complexity index is 841. The minimum absolute atomic E-state index is 0.0184. The lowest BCUT2D eigenvalue weighted by molar-refractivity contribution is -0.159. The highest BCUT2D eigenvalue weighted by Gasteiger charge is 2.21. The maximum Gasteiger partial charge on any atom is 0.407 e. The number of alkyl carbamates (subject to hydrolysis) is 1. The number of aliphatic carboxylic acids is 1. The molecular formula is C41H77NO8. The van der Waals surface area contributed by atoms with Gasteiger partial charge in [0.05, 0.1) is 6.54 Å². The smallest absolute Gasteiger partial charge is 0.407 e. The Morgan fingerprint density at radius 1 is 0.540 bits per heavy atom. The molecule has 0 aromatic rings. The first-order chi connectivity index (χ1) is 24.0. The van der Waals surface area contributed by atoms with Gasteiger partial charge >= 0.3 is 24.0 Å². The first-order valence-electron chi connectivity index (χ1n) is 20.6. The number of nitrogens with one attached hydrogen (secondary N) is 1. The largest absolute Gasteiger partial charge is 0.481 e. The molecule has 9 nitrogen and oxygen atoms in total. The molecule has 0 aliphatic rings. The molecule has 0 aromatic heterocycles. The van der Waals surface area contributed by atoms with Crippen LogP contribution in [0.3, 0.4) is 0 Å². The second-order valence-corrected chi connectivity index (χ2v) is 15.2. The Morgan fingerprint density at radius 3 is 1.28 bits per heavy atom. The van der Waals surface area contributed by atoms with Gasteiger partial charge < -0.3 is 24.6 Å². The van der Waals surface area contributed by atoms with E-state index in [1.54, 1.807) is 20.8 Å². The molecule has 0 saturated carbocycles. The van der Waals surface area contributed by atoms with Gasteiger partial charge in [0.15, 0.2) is 6.10 Å². The van der Waals surface area contributed by atoms with E-state index in [1.807, 2.05) is 0 Å².